The summed E-state index contributed by atoms with van der Waals surface area (Å²) in [5, 5.41) is 9.20. The Morgan fingerprint density at radius 2 is 2.20 bits per heavy atom. The van der Waals surface area contributed by atoms with Crippen molar-refractivity contribution in [2.75, 3.05) is 13.6 Å². The van der Waals surface area contributed by atoms with Crippen molar-refractivity contribution in [3.8, 4) is 0 Å². The fourth-order valence-corrected chi connectivity index (χ4v) is 2.39. The second-order valence-corrected chi connectivity index (χ2v) is 5.49. The Morgan fingerprint density at radius 3 is 2.85 bits per heavy atom. The smallest absolute Gasteiger partial charge is 0.226 e. The number of carbonyl (C=O) groups is 1. The number of aliphatic hydroxyl groups is 1. The van der Waals surface area contributed by atoms with Gasteiger partial charge in [0.05, 0.1) is 6.10 Å². The zero-order valence-electron chi connectivity index (χ0n) is 11.6. The van der Waals surface area contributed by atoms with Gasteiger partial charge in [-0.2, -0.15) is 0 Å². The summed E-state index contributed by atoms with van der Waals surface area (Å²) in [5.74, 6) is -2.29. The second kappa shape index (κ2) is 5.87. The van der Waals surface area contributed by atoms with Crippen LogP contribution < -0.4 is 0 Å². The second-order valence-electron chi connectivity index (χ2n) is 5.49. The summed E-state index contributed by atoms with van der Waals surface area (Å²) in [6.07, 6.45) is 0.604. The molecule has 0 heterocycles. The SMILES string of the molecule is CC(O)CCN(C)C(=O)C1CC1c1cccc(F)c1F. The van der Waals surface area contributed by atoms with Crippen molar-refractivity contribution in [3.05, 3.63) is 35.4 Å². The number of nitrogens with zero attached hydrogens (tertiary/aromatic N) is 1. The molecule has 1 fully saturated rings. The van der Waals surface area contributed by atoms with Crippen LogP contribution >= 0.6 is 0 Å². The van der Waals surface area contributed by atoms with E-state index >= 15 is 0 Å². The average Bonchev–Trinajstić information content (AvgIpc) is 3.18. The lowest BCUT2D eigenvalue weighted by molar-refractivity contribution is -0.131. The van der Waals surface area contributed by atoms with E-state index in [0.29, 0.717) is 19.4 Å². The van der Waals surface area contributed by atoms with E-state index in [1.165, 1.54) is 12.1 Å². The number of rotatable bonds is 5. The Kier molecular flexibility index (Phi) is 4.38. The fraction of sp³-hybridized carbons (Fsp3) is 0.533. The molecule has 20 heavy (non-hydrogen) atoms. The summed E-state index contributed by atoms with van der Waals surface area (Å²) >= 11 is 0. The van der Waals surface area contributed by atoms with Crippen molar-refractivity contribution >= 4 is 5.91 Å². The lowest BCUT2D eigenvalue weighted by atomic mass is 10.1. The number of carbonyl (C=O) groups excluding carboxylic acids is 1. The molecule has 0 radical (unpaired) electrons. The lowest BCUT2D eigenvalue weighted by Crippen LogP contribution is -2.31. The number of aliphatic hydroxyl groups excluding tert-OH is 1. The van der Waals surface area contributed by atoms with Crippen molar-refractivity contribution in [1.82, 2.24) is 4.90 Å². The summed E-state index contributed by atoms with van der Waals surface area (Å²) in [6, 6.07) is 4.07. The summed E-state index contributed by atoms with van der Waals surface area (Å²) in [4.78, 5) is 13.7. The quantitative estimate of drug-likeness (QED) is 0.900. The molecule has 0 spiro atoms. The van der Waals surface area contributed by atoms with Crippen LogP contribution in [-0.4, -0.2) is 35.6 Å². The average molecular weight is 283 g/mol. The maximum atomic E-state index is 13.7. The van der Waals surface area contributed by atoms with E-state index in [4.69, 9.17) is 0 Å². The lowest BCUT2D eigenvalue weighted by Gasteiger charge is -2.18. The third kappa shape index (κ3) is 3.15. The monoisotopic (exact) mass is 283 g/mol. The van der Waals surface area contributed by atoms with Crippen molar-refractivity contribution < 1.29 is 18.7 Å². The number of halogens is 2. The maximum Gasteiger partial charge on any atom is 0.226 e. The third-order valence-electron chi connectivity index (χ3n) is 3.75. The van der Waals surface area contributed by atoms with Gasteiger partial charge in [0, 0.05) is 19.5 Å². The Morgan fingerprint density at radius 1 is 1.50 bits per heavy atom. The van der Waals surface area contributed by atoms with Gasteiger partial charge in [0.25, 0.3) is 0 Å². The number of hydrogen-bond acceptors (Lipinski definition) is 2. The summed E-state index contributed by atoms with van der Waals surface area (Å²) in [5.41, 5.74) is 0.285. The molecule has 1 aliphatic carbocycles. The Bertz CT molecular complexity index is 505. The van der Waals surface area contributed by atoms with Gasteiger partial charge < -0.3 is 10.0 Å². The highest BCUT2D eigenvalue weighted by atomic mass is 19.2. The van der Waals surface area contributed by atoms with Crippen LogP contribution in [0.1, 0.15) is 31.2 Å². The molecular weight excluding hydrogens is 264 g/mol. The minimum Gasteiger partial charge on any atom is -0.393 e. The number of hydrogen-bond donors (Lipinski definition) is 1. The molecule has 1 saturated carbocycles. The number of benzene rings is 1. The summed E-state index contributed by atoms with van der Waals surface area (Å²) in [7, 11) is 1.67. The van der Waals surface area contributed by atoms with Gasteiger partial charge in [0.15, 0.2) is 11.6 Å². The van der Waals surface area contributed by atoms with E-state index in [-0.39, 0.29) is 23.3 Å². The first kappa shape index (κ1) is 14.9. The minimum atomic E-state index is -0.872. The van der Waals surface area contributed by atoms with Crippen LogP contribution in [-0.2, 0) is 4.79 Å². The molecule has 0 aromatic heterocycles. The predicted molar refractivity (Wildman–Crippen MR) is 71.1 cm³/mol. The molecule has 1 aromatic carbocycles. The van der Waals surface area contributed by atoms with E-state index in [1.807, 2.05) is 0 Å². The van der Waals surface area contributed by atoms with Crippen LogP contribution in [0.2, 0.25) is 0 Å². The molecule has 1 aromatic rings. The maximum absolute atomic E-state index is 13.7. The highest BCUT2D eigenvalue weighted by molar-refractivity contribution is 5.82. The molecule has 3 atom stereocenters. The van der Waals surface area contributed by atoms with Crippen molar-refractivity contribution in [1.29, 1.82) is 0 Å². The normalized spacial score (nSPS) is 22.4. The molecule has 2 rings (SSSR count). The molecule has 1 amide bonds. The van der Waals surface area contributed by atoms with Gasteiger partial charge in [-0.05, 0) is 37.3 Å². The molecule has 3 nitrogen and oxygen atoms in total. The molecule has 5 heteroatoms. The summed E-state index contributed by atoms with van der Waals surface area (Å²) < 4.78 is 26.8. The van der Waals surface area contributed by atoms with Gasteiger partial charge in [-0.3, -0.25) is 4.79 Å². The van der Waals surface area contributed by atoms with Gasteiger partial charge in [-0.15, -0.1) is 0 Å². The molecule has 3 unspecified atom stereocenters. The van der Waals surface area contributed by atoms with E-state index in [2.05, 4.69) is 0 Å². The highest BCUT2D eigenvalue weighted by Crippen LogP contribution is 2.49. The standard InChI is InChI=1S/C15H19F2NO2/c1-9(19)6-7-18(2)15(20)12-8-11(12)10-4-3-5-13(16)14(10)17/h3-5,9,11-12,19H,6-8H2,1-2H3. The predicted octanol–water partition coefficient (Wildman–Crippen LogP) is 2.30. The first-order chi connectivity index (χ1) is 9.41. The number of amides is 1. The van der Waals surface area contributed by atoms with Crippen molar-refractivity contribution in [3.63, 3.8) is 0 Å². The first-order valence-corrected chi connectivity index (χ1v) is 6.78. The molecule has 1 aliphatic rings. The fourth-order valence-electron chi connectivity index (χ4n) is 2.39. The van der Waals surface area contributed by atoms with Gasteiger partial charge in [-0.25, -0.2) is 8.78 Å². The van der Waals surface area contributed by atoms with Crippen molar-refractivity contribution in [2.45, 2.75) is 31.8 Å². The van der Waals surface area contributed by atoms with E-state index in [0.717, 1.165) is 6.07 Å². The van der Waals surface area contributed by atoms with Gasteiger partial charge in [0.2, 0.25) is 5.91 Å². The minimum absolute atomic E-state index is 0.0701. The van der Waals surface area contributed by atoms with Crippen LogP contribution in [0.3, 0.4) is 0 Å². The molecule has 0 saturated heterocycles. The van der Waals surface area contributed by atoms with Gasteiger partial charge in [-0.1, -0.05) is 12.1 Å². The van der Waals surface area contributed by atoms with Crippen LogP contribution in [0.4, 0.5) is 8.78 Å². The first-order valence-electron chi connectivity index (χ1n) is 6.78. The van der Waals surface area contributed by atoms with Crippen LogP contribution in [0.25, 0.3) is 0 Å². The zero-order valence-corrected chi connectivity index (χ0v) is 11.6. The molecule has 0 aliphatic heterocycles. The summed E-state index contributed by atoms with van der Waals surface area (Å²) in [6.45, 7) is 2.13. The van der Waals surface area contributed by atoms with Gasteiger partial charge in [0.1, 0.15) is 0 Å². The zero-order chi connectivity index (χ0) is 14.9. The Hall–Kier alpha value is -1.49. The highest BCUT2D eigenvalue weighted by Gasteiger charge is 2.46. The van der Waals surface area contributed by atoms with Crippen LogP contribution in [0, 0.1) is 17.6 Å². The third-order valence-corrected chi connectivity index (χ3v) is 3.75. The topological polar surface area (TPSA) is 40.5 Å². The van der Waals surface area contributed by atoms with E-state index < -0.39 is 17.7 Å². The van der Waals surface area contributed by atoms with E-state index in [9.17, 15) is 18.7 Å². The van der Waals surface area contributed by atoms with E-state index in [1.54, 1.807) is 18.9 Å². The van der Waals surface area contributed by atoms with Crippen molar-refractivity contribution in [2.24, 2.45) is 5.92 Å². The van der Waals surface area contributed by atoms with Gasteiger partial charge >= 0.3 is 0 Å². The largest absolute Gasteiger partial charge is 0.393 e. The van der Waals surface area contributed by atoms with Crippen LogP contribution in [0.15, 0.2) is 18.2 Å². The van der Waals surface area contributed by atoms with Crippen LogP contribution in [0.5, 0.6) is 0 Å². The Labute approximate surface area is 117 Å². The molecule has 1 N–H and O–H groups in total. The Balaban J connectivity index is 1.97. The molecule has 110 valence electrons. The molecule has 0 bridgehead atoms. The molecular formula is C15H19F2NO2.